The van der Waals surface area contributed by atoms with E-state index in [9.17, 15) is 0 Å². The van der Waals surface area contributed by atoms with Gasteiger partial charge in [-0.3, -0.25) is 4.98 Å². The number of nitrogens with zero attached hydrogens (tertiary/aromatic N) is 1. The first-order chi connectivity index (χ1) is 6.90. The standard InChI is InChI=1S/C12H14N2/c1-13-9-8-11-7-6-10-4-2-3-5-12(10)14-11/h2-7,13H,8-9H2,1H3. The second-order valence-electron chi connectivity index (χ2n) is 3.35. The summed E-state index contributed by atoms with van der Waals surface area (Å²) in [5, 5.41) is 4.33. The maximum absolute atomic E-state index is 4.57. The third kappa shape index (κ3) is 1.91. The molecule has 0 bridgehead atoms. The Labute approximate surface area is 84.0 Å². The zero-order valence-electron chi connectivity index (χ0n) is 8.33. The molecule has 0 fully saturated rings. The number of hydrogen-bond acceptors (Lipinski definition) is 2. The van der Waals surface area contributed by atoms with Crippen molar-refractivity contribution in [2.24, 2.45) is 0 Å². The quantitative estimate of drug-likeness (QED) is 0.793. The maximum atomic E-state index is 4.57. The molecule has 0 spiro atoms. The molecule has 2 rings (SSSR count). The number of nitrogens with one attached hydrogen (secondary N) is 1. The first kappa shape index (κ1) is 9.16. The van der Waals surface area contributed by atoms with E-state index in [0.717, 1.165) is 24.2 Å². The largest absolute Gasteiger partial charge is 0.319 e. The lowest BCUT2D eigenvalue weighted by Crippen LogP contribution is -2.11. The SMILES string of the molecule is CNCCc1ccc2ccccc2n1. The fourth-order valence-corrected chi connectivity index (χ4v) is 1.50. The van der Waals surface area contributed by atoms with Gasteiger partial charge in [0, 0.05) is 24.0 Å². The fraction of sp³-hybridized carbons (Fsp3) is 0.250. The number of fused-ring (bicyclic) bond motifs is 1. The van der Waals surface area contributed by atoms with Gasteiger partial charge >= 0.3 is 0 Å². The van der Waals surface area contributed by atoms with Crippen LogP contribution < -0.4 is 5.32 Å². The van der Waals surface area contributed by atoms with E-state index in [1.807, 2.05) is 19.2 Å². The third-order valence-electron chi connectivity index (χ3n) is 2.29. The minimum atomic E-state index is 0.978. The van der Waals surface area contributed by atoms with Crippen LogP contribution in [0.1, 0.15) is 5.69 Å². The van der Waals surface area contributed by atoms with Crippen molar-refractivity contribution in [2.75, 3.05) is 13.6 Å². The van der Waals surface area contributed by atoms with Crippen LogP contribution in [0.2, 0.25) is 0 Å². The summed E-state index contributed by atoms with van der Waals surface area (Å²) < 4.78 is 0. The van der Waals surface area contributed by atoms with Gasteiger partial charge in [0.05, 0.1) is 5.52 Å². The van der Waals surface area contributed by atoms with E-state index < -0.39 is 0 Å². The summed E-state index contributed by atoms with van der Waals surface area (Å²) in [5.74, 6) is 0. The van der Waals surface area contributed by atoms with Gasteiger partial charge in [0.25, 0.3) is 0 Å². The number of likely N-dealkylation sites (N-methyl/N-ethyl adjacent to an activating group) is 1. The Hall–Kier alpha value is -1.41. The molecule has 1 aromatic heterocycles. The molecule has 2 heteroatoms. The first-order valence-corrected chi connectivity index (χ1v) is 4.89. The van der Waals surface area contributed by atoms with Gasteiger partial charge in [-0.1, -0.05) is 24.3 Å². The summed E-state index contributed by atoms with van der Waals surface area (Å²) in [7, 11) is 1.96. The monoisotopic (exact) mass is 186 g/mol. The number of rotatable bonds is 3. The smallest absolute Gasteiger partial charge is 0.0705 e. The van der Waals surface area contributed by atoms with E-state index >= 15 is 0 Å². The molecular formula is C12H14N2. The zero-order chi connectivity index (χ0) is 9.80. The minimum Gasteiger partial charge on any atom is -0.319 e. The van der Waals surface area contributed by atoms with Crippen molar-refractivity contribution in [2.45, 2.75) is 6.42 Å². The van der Waals surface area contributed by atoms with Crippen molar-refractivity contribution in [3.8, 4) is 0 Å². The van der Waals surface area contributed by atoms with Crippen molar-refractivity contribution < 1.29 is 0 Å². The van der Waals surface area contributed by atoms with E-state index in [2.05, 4.69) is 34.6 Å². The molecule has 2 nitrogen and oxygen atoms in total. The Morgan fingerprint density at radius 1 is 1.14 bits per heavy atom. The van der Waals surface area contributed by atoms with Gasteiger partial charge in [-0.2, -0.15) is 0 Å². The predicted octanol–water partition coefficient (Wildman–Crippen LogP) is 2.00. The second kappa shape index (κ2) is 4.20. The minimum absolute atomic E-state index is 0.978. The Morgan fingerprint density at radius 3 is 2.86 bits per heavy atom. The molecule has 0 aliphatic carbocycles. The molecule has 0 radical (unpaired) electrons. The number of benzene rings is 1. The third-order valence-corrected chi connectivity index (χ3v) is 2.29. The highest BCUT2D eigenvalue weighted by atomic mass is 14.8. The normalized spacial score (nSPS) is 10.6. The molecule has 0 unspecified atom stereocenters. The Bertz CT molecular complexity index is 423. The van der Waals surface area contributed by atoms with Crippen molar-refractivity contribution in [1.82, 2.24) is 10.3 Å². The van der Waals surface area contributed by atoms with E-state index in [4.69, 9.17) is 0 Å². The van der Waals surface area contributed by atoms with Gasteiger partial charge in [0.15, 0.2) is 0 Å². The Morgan fingerprint density at radius 2 is 2.00 bits per heavy atom. The van der Waals surface area contributed by atoms with Crippen LogP contribution in [0, 0.1) is 0 Å². The van der Waals surface area contributed by atoms with E-state index in [0.29, 0.717) is 0 Å². The van der Waals surface area contributed by atoms with Crippen molar-refractivity contribution in [3.05, 3.63) is 42.1 Å². The summed E-state index contributed by atoms with van der Waals surface area (Å²) in [6, 6.07) is 12.4. The van der Waals surface area contributed by atoms with Crippen LogP contribution in [-0.2, 0) is 6.42 Å². The molecule has 1 N–H and O–H groups in total. The fourth-order valence-electron chi connectivity index (χ4n) is 1.50. The molecule has 0 aliphatic rings. The van der Waals surface area contributed by atoms with Crippen molar-refractivity contribution in [3.63, 3.8) is 0 Å². The van der Waals surface area contributed by atoms with Gasteiger partial charge in [-0.15, -0.1) is 0 Å². The molecule has 1 heterocycles. The predicted molar refractivity (Wildman–Crippen MR) is 59.4 cm³/mol. The lowest BCUT2D eigenvalue weighted by molar-refractivity contribution is 0.779. The van der Waals surface area contributed by atoms with Gasteiger partial charge in [0.2, 0.25) is 0 Å². The summed E-state index contributed by atoms with van der Waals surface area (Å²) in [5.41, 5.74) is 2.24. The molecule has 2 aromatic rings. The lowest BCUT2D eigenvalue weighted by Gasteiger charge is -2.01. The topological polar surface area (TPSA) is 24.9 Å². The maximum Gasteiger partial charge on any atom is 0.0705 e. The molecule has 1 aromatic carbocycles. The highest BCUT2D eigenvalue weighted by molar-refractivity contribution is 5.78. The summed E-state index contributed by atoms with van der Waals surface area (Å²) in [6.45, 7) is 0.978. The van der Waals surface area contributed by atoms with Crippen LogP contribution in [0.4, 0.5) is 0 Å². The van der Waals surface area contributed by atoms with Gasteiger partial charge in [-0.25, -0.2) is 0 Å². The van der Waals surface area contributed by atoms with Crippen LogP contribution >= 0.6 is 0 Å². The molecule has 0 aliphatic heterocycles. The summed E-state index contributed by atoms with van der Waals surface area (Å²) in [6.07, 6.45) is 0.987. The Kier molecular flexibility index (Phi) is 2.75. The molecular weight excluding hydrogens is 172 g/mol. The van der Waals surface area contributed by atoms with E-state index in [1.165, 1.54) is 5.39 Å². The van der Waals surface area contributed by atoms with Gasteiger partial charge in [-0.05, 0) is 19.2 Å². The summed E-state index contributed by atoms with van der Waals surface area (Å²) in [4.78, 5) is 4.57. The van der Waals surface area contributed by atoms with Crippen LogP contribution in [0.3, 0.4) is 0 Å². The van der Waals surface area contributed by atoms with Crippen LogP contribution in [-0.4, -0.2) is 18.6 Å². The Balaban J connectivity index is 2.32. The average molecular weight is 186 g/mol. The average Bonchev–Trinajstić information content (AvgIpc) is 2.26. The number of aromatic nitrogens is 1. The second-order valence-corrected chi connectivity index (χ2v) is 3.35. The zero-order valence-corrected chi connectivity index (χ0v) is 8.33. The van der Waals surface area contributed by atoms with Crippen molar-refractivity contribution >= 4 is 10.9 Å². The van der Waals surface area contributed by atoms with Crippen LogP contribution in [0.25, 0.3) is 10.9 Å². The molecule has 14 heavy (non-hydrogen) atoms. The molecule has 0 saturated heterocycles. The first-order valence-electron chi connectivity index (χ1n) is 4.89. The number of hydrogen-bond donors (Lipinski definition) is 1. The number of pyridine rings is 1. The molecule has 0 amide bonds. The van der Waals surface area contributed by atoms with E-state index in [1.54, 1.807) is 0 Å². The lowest BCUT2D eigenvalue weighted by atomic mass is 10.2. The summed E-state index contributed by atoms with van der Waals surface area (Å²) >= 11 is 0. The van der Waals surface area contributed by atoms with Gasteiger partial charge < -0.3 is 5.32 Å². The van der Waals surface area contributed by atoms with Crippen molar-refractivity contribution in [1.29, 1.82) is 0 Å². The van der Waals surface area contributed by atoms with Crippen LogP contribution in [0.5, 0.6) is 0 Å². The molecule has 0 atom stereocenters. The van der Waals surface area contributed by atoms with E-state index in [-0.39, 0.29) is 0 Å². The molecule has 72 valence electrons. The van der Waals surface area contributed by atoms with Gasteiger partial charge in [0.1, 0.15) is 0 Å². The highest BCUT2D eigenvalue weighted by Crippen LogP contribution is 2.11. The van der Waals surface area contributed by atoms with Crippen LogP contribution in [0.15, 0.2) is 36.4 Å². The number of para-hydroxylation sites is 1. The molecule has 0 saturated carbocycles. The highest BCUT2D eigenvalue weighted by Gasteiger charge is 1.96.